The highest BCUT2D eigenvalue weighted by Gasteiger charge is 2.19. The molecular formula is C32H25N7O3. The lowest BCUT2D eigenvalue weighted by Crippen LogP contribution is -2.24. The van der Waals surface area contributed by atoms with Gasteiger partial charge in [-0.3, -0.25) is 9.36 Å². The van der Waals surface area contributed by atoms with Crippen molar-refractivity contribution in [1.29, 1.82) is 0 Å². The van der Waals surface area contributed by atoms with Crippen molar-refractivity contribution in [2.24, 2.45) is 0 Å². The van der Waals surface area contributed by atoms with Crippen LogP contribution in [0.3, 0.4) is 0 Å². The van der Waals surface area contributed by atoms with E-state index in [0.717, 1.165) is 22.5 Å². The summed E-state index contributed by atoms with van der Waals surface area (Å²) >= 11 is 0. The second-order valence-electron chi connectivity index (χ2n) is 9.36. The second kappa shape index (κ2) is 11.3. The fourth-order valence-electron chi connectivity index (χ4n) is 4.57. The molecule has 0 atom stereocenters. The minimum absolute atomic E-state index is 0.0659. The number of nitrogens with one attached hydrogen (secondary N) is 1. The van der Waals surface area contributed by atoms with Crippen LogP contribution < -0.4 is 11.1 Å². The molecule has 0 fully saturated rings. The Morgan fingerprint density at radius 3 is 2.38 bits per heavy atom. The van der Waals surface area contributed by atoms with E-state index in [0.29, 0.717) is 28.4 Å². The number of hydrogen-bond donors (Lipinski definition) is 2. The predicted octanol–water partition coefficient (Wildman–Crippen LogP) is 4.84. The lowest BCUT2D eigenvalue weighted by Gasteiger charge is -2.12. The molecule has 4 heterocycles. The molecule has 206 valence electrons. The van der Waals surface area contributed by atoms with Crippen molar-refractivity contribution in [2.45, 2.75) is 6.54 Å². The number of nitrogens with two attached hydrogens (primary N) is 1. The molecule has 0 saturated carbocycles. The van der Waals surface area contributed by atoms with Crippen molar-refractivity contribution in [3.05, 3.63) is 120 Å². The summed E-state index contributed by atoms with van der Waals surface area (Å²) in [5.74, 6) is -0.0325. The number of pyridine rings is 3. The number of aromatic nitrogens is 5. The first-order valence-electron chi connectivity index (χ1n) is 13.1. The molecule has 0 spiro atoms. The monoisotopic (exact) mass is 555 g/mol. The largest absolute Gasteiger partial charge is 0.464 e. The smallest absolute Gasteiger partial charge is 0.356 e. The molecule has 0 radical (unpaired) electrons. The first kappa shape index (κ1) is 26.3. The van der Waals surface area contributed by atoms with Gasteiger partial charge in [0.25, 0.3) is 5.91 Å². The Bertz CT molecular complexity index is 1920. The molecule has 2 aromatic carbocycles. The Balaban J connectivity index is 1.33. The van der Waals surface area contributed by atoms with Crippen LogP contribution in [0, 0.1) is 0 Å². The van der Waals surface area contributed by atoms with Gasteiger partial charge < -0.3 is 15.8 Å². The molecule has 6 rings (SSSR count). The lowest BCUT2D eigenvalue weighted by atomic mass is 10.1. The van der Waals surface area contributed by atoms with Crippen LogP contribution in [0.1, 0.15) is 26.5 Å². The van der Waals surface area contributed by atoms with Crippen LogP contribution >= 0.6 is 0 Å². The van der Waals surface area contributed by atoms with Crippen LogP contribution in [0.2, 0.25) is 0 Å². The zero-order valence-corrected chi connectivity index (χ0v) is 22.6. The number of imidazole rings is 1. The maximum atomic E-state index is 12.7. The molecule has 0 aliphatic rings. The molecule has 4 aromatic heterocycles. The number of nitrogens with zero attached hydrogens (tertiary/aromatic N) is 5. The molecule has 10 heteroatoms. The summed E-state index contributed by atoms with van der Waals surface area (Å²) in [5.41, 5.74) is 12.0. The van der Waals surface area contributed by atoms with Crippen molar-refractivity contribution in [3.8, 4) is 28.3 Å². The van der Waals surface area contributed by atoms with Gasteiger partial charge in [0.15, 0.2) is 11.5 Å². The topological polar surface area (TPSA) is 138 Å². The number of benzene rings is 2. The maximum absolute atomic E-state index is 12.7. The van der Waals surface area contributed by atoms with E-state index in [1.807, 2.05) is 83.4 Å². The highest BCUT2D eigenvalue weighted by molar-refractivity contribution is 5.94. The Morgan fingerprint density at radius 1 is 0.833 bits per heavy atom. The number of anilines is 1. The number of carbonyl (C=O) groups excluding carboxylic acids is 2. The number of rotatable bonds is 7. The van der Waals surface area contributed by atoms with E-state index in [1.54, 1.807) is 12.3 Å². The fraction of sp³-hybridized carbons (Fsp3) is 0.0625. The van der Waals surface area contributed by atoms with Crippen molar-refractivity contribution in [3.63, 3.8) is 0 Å². The SMILES string of the molecule is COC(=O)c1cccc(C(=O)NCc2ccc(-n3c(-c4cccnc4N)nc4ccc(-c5ccccc5)nc43)cc2)n1. The molecular weight excluding hydrogens is 530 g/mol. The molecule has 6 aromatic rings. The fourth-order valence-corrected chi connectivity index (χ4v) is 4.57. The minimum atomic E-state index is -0.606. The molecule has 42 heavy (non-hydrogen) atoms. The summed E-state index contributed by atoms with van der Waals surface area (Å²) in [5, 5.41) is 2.84. The van der Waals surface area contributed by atoms with Gasteiger partial charge in [-0.15, -0.1) is 0 Å². The van der Waals surface area contributed by atoms with Crippen LogP contribution in [0.15, 0.2) is 103 Å². The first-order valence-corrected chi connectivity index (χ1v) is 13.1. The van der Waals surface area contributed by atoms with Crippen LogP contribution in [-0.4, -0.2) is 43.5 Å². The van der Waals surface area contributed by atoms with Gasteiger partial charge in [-0.2, -0.15) is 0 Å². The summed E-state index contributed by atoms with van der Waals surface area (Å²) in [6.45, 7) is 0.257. The summed E-state index contributed by atoms with van der Waals surface area (Å²) in [6, 6.07) is 29.9. The number of amides is 1. The first-order chi connectivity index (χ1) is 20.5. The quantitative estimate of drug-likeness (QED) is 0.267. The van der Waals surface area contributed by atoms with E-state index < -0.39 is 11.9 Å². The summed E-state index contributed by atoms with van der Waals surface area (Å²) in [4.78, 5) is 42.7. The highest BCUT2D eigenvalue weighted by atomic mass is 16.5. The molecule has 10 nitrogen and oxygen atoms in total. The minimum Gasteiger partial charge on any atom is -0.464 e. The van der Waals surface area contributed by atoms with E-state index in [2.05, 4.69) is 20.0 Å². The Morgan fingerprint density at radius 2 is 1.62 bits per heavy atom. The van der Waals surface area contributed by atoms with Gasteiger partial charge in [0, 0.05) is 24.0 Å². The number of hydrogen-bond acceptors (Lipinski definition) is 8. The van der Waals surface area contributed by atoms with Crippen LogP contribution in [-0.2, 0) is 11.3 Å². The molecule has 0 aliphatic heterocycles. The molecule has 0 unspecified atom stereocenters. The molecule has 0 saturated heterocycles. The number of fused-ring (bicyclic) bond motifs is 1. The normalized spacial score (nSPS) is 10.9. The third kappa shape index (κ3) is 5.16. The summed E-state index contributed by atoms with van der Waals surface area (Å²) in [6.07, 6.45) is 1.64. The van der Waals surface area contributed by atoms with Gasteiger partial charge in [-0.05, 0) is 54.1 Å². The Labute approximate surface area is 240 Å². The van der Waals surface area contributed by atoms with Gasteiger partial charge in [-0.25, -0.2) is 24.7 Å². The summed E-state index contributed by atoms with van der Waals surface area (Å²) in [7, 11) is 1.26. The van der Waals surface area contributed by atoms with Crippen molar-refractivity contribution in [2.75, 3.05) is 12.8 Å². The van der Waals surface area contributed by atoms with Crippen molar-refractivity contribution in [1.82, 2.24) is 29.8 Å². The number of esters is 1. The van der Waals surface area contributed by atoms with Gasteiger partial charge in [-0.1, -0.05) is 48.5 Å². The standard InChI is InChI=1S/C32H25N7O3/c1-42-32(41)27-11-5-10-26(36-27)31(40)35-19-20-12-14-22(15-13-20)39-29(23-9-6-18-34-28(23)33)38-25-17-16-24(37-30(25)39)21-7-3-2-4-8-21/h2-18H,19H2,1H3,(H2,33,34)(H,35,40). The molecule has 0 aliphatic carbocycles. The Hall–Kier alpha value is -5.90. The molecule has 0 bridgehead atoms. The van der Waals surface area contributed by atoms with Gasteiger partial charge in [0.05, 0.1) is 18.4 Å². The van der Waals surface area contributed by atoms with E-state index in [4.69, 9.17) is 15.7 Å². The zero-order chi connectivity index (χ0) is 29.1. The van der Waals surface area contributed by atoms with Gasteiger partial charge in [0.2, 0.25) is 0 Å². The lowest BCUT2D eigenvalue weighted by molar-refractivity contribution is 0.0594. The Kier molecular flexibility index (Phi) is 7.08. The molecule has 1 amide bonds. The average Bonchev–Trinajstić information content (AvgIpc) is 3.42. The van der Waals surface area contributed by atoms with E-state index in [1.165, 1.54) is 19.2 Å². The van der Waals surface area contributed by atoms with Crippen LogP contribution in [0.25, 0.3) is 39.5 Å². The predicted molar refractivity (Wildman–Crippen MR) is 159 cm³/mol. The van der Waals surface area contributed by atoms with Gasteiger partial charge in [0.1, 0.15) is 22.7 Å². The summed E-state index contributed by atoms with van der Waals surface area (Å²) < 4.78 is 6.64. The third-order valence-electron chi connectivity index (χ3n) is 6.68. The maximum Gasteiger partial charge on any atom is 0.356 e. The van der Waals surface area contributed by atoms with Crippen molar-refractivity contribution < 1.29 is 14.3 Å². The van der Waals surface area contributed by atoms with E-state index in [-0.39, 0.29) is 17.9 Å². The second-order valence-corrected chi connectivity index (χ2v) is 9.36. The van der Waals surface area contributed by atoms with Crippen LogP contribution in [0.5, 0.6) is 0 Å². The number of nitrogen functional groups attached to an aromatic ring is 1. The van der Waals surface area contributed by atoms with Gasteiger partial charge >= 0.3 is 5.97 Å². The van der Waals surface area contributed by atoms with Crippen molar-refractivity contribution >= 4 is 28.9 Å². The average molecular weight is 556 g/mol. The van der Waals surface area contributed by atoms with E-state index in [9.17, 15) is 9.59 Å². The number of methoxy groups -OCH3 is 1. The van der Waals surface area contributed by atoms with Crippen LogP contribution in [0.4, 0.5) is 5.82 Å². The molecule has 3 N–H and O–H groups in total. The zero-order valence-electron chi connectivity index (χ0n) is 22.6. The number of carbonyl (C=O) groups is 2. The third-order valence-corrected chi connectivity index (χ3v) is 6.68. The van der Waals surface area contributed by atoms with E-state index >= 15 is 0 Å². The number of ether oxygens (including phenoxy) is 1. The highest BCUT2D eigenvalue weighted by Crippen LogP contribution is 2.31.